The van der Waals surface area contributed by atoms with Crippen molar-refractivity contribution < 1.29 is 4.39 Å². The molecule has 2 aromatic rings. The Morgan fingerprint density at radius 2 is 2.27 bits per heavy atom. The zero-order chi connectivity index (χ0) is 17.9. The number of hydrogen-bond acceptors (Lipinski definition) is 2. The second kappa shape index (κ2) is 5.95. The minimum Gasteiger partial charge on any atom is -0.380 e. The van der Waals surface area contributed by atoms with Gasteiger partial charge in [-0.25, -0.2) is 4.39 Å². The Bertz CT molecular complexity index is 923. The lowest BCUT2D eigenvalue weighted by Gasteiger charge is -2.34. The molecule has 0 radical (unpaired) electrons. The first-order valence-electron chi connectivity index (χ1n) is 10.0. The first-order chi connectivity index (χ1) is 12.6. The largest absolute Gasteiger partial charge is 0.380 e. The minimum atomic E-state index is -0.101. The van der Waals surface area contributed by atoms with Crippen LogP contribution < -0.4 is 5.32 Å². The van der Waals surface area contributed by atoms with Crippen molar-refractivity contribution in [1.82, 2.24) is 5.32 Å². The molecule has 0 bridgehead atoms. The summed E-state index contributed by atoms with van der Waals surface area (Å²) in [5.41, 5.74) is 3.10. The lowest BCUT2D eigenvalue weighted by atomic mass is 9.77. The zero-order valence-electron chi connectivity index (χ0n) is 15.5. The Balaban J connectivity index is 1.53. The monoisotopic (exact) mass is 367 g/mol. The number of rotatable bonds is 4. The van der Waals surface area contributed by atoms with Crippen molar-refractivity contribution in [3.8, 4) is 0 Å². The topological polar surface area (TPSA) is 12.0 Å². The van der Waals surface area contributed by atoms with Crippen LogP contribution in [-0.4, -0.2) is 6.04 Å². The third kappa shape index (κ3) is 2.32. The molecule has 136 valence electrons. The van der Waals surface area contributed by atoms with E-state index in [0.717, 1.165) is 16.0 Å². The summed E-state index contributed by atoms with van der Waals surface area (Å²) in [7, 11) is 0. The highest BCUT2D eigenvalue weighted by Gasteiger charge is 2.61. The van der Waals surface area contributed by atoms with E-state index in [4.69, 9.17) is 0 Å². The van der Waals surface area contributed by atoms with E-state index >= 15 is 0 Å². The summed E-state index contributed by atoms with van der Waals surface area (Å²) in [4.78, 5) is 1.21. The van der Waals surface area contributed by atoms with Crippen LogP contribution >= 0.6 is 11.3 Å². The van der Waals surface area contributed by atoms with Gasteiger partial charge in [-0.1, -0.05) is 51.0 Å². The molecule has 26 heavy (non-hydrogen) atoms. The maximum Gasteiger partial charge on any atom is 0.141 e. The Labute approximate surface area is 159 Å². The molecular weight excluding hydrogens is 341 g/mol. The Kier molecular flexibility index (Phi) is 3.79. The molecule has 1 spiro atoms. The van der Waals surface area contributed by atoms with Gasteiger partial charge in [0.15, 0.2) is 0 Å². The van der Waals surface area contributed by atoms with Gasteiger partial charge < -0.3 is 5.32 Å². The molecule has 2 aliphatic carbocycles. The maximum atomic E-state index is 14.2. The van der Waals surface area contributed by atoms with Gasteiger partial charge >= 0.3 is 0 Å². The summed E-state index contributed by atoms with van der Waals surface area (Å²) in [5.74, 6) is 1.36. The molecule has 1 N–H and O–H groups in total. The van der Waals surface area contributed by atoms with Crippen LogP contribution in [0.25, 0.3) is 15.8 Å². The second-order valence-corrected chi connectivity index (χ2v) is 9.42. The molecule has 1 fully saturated rings. The molecule has 1 saturated carbocycles. The van der Waals surface area contributed by atoms with Crippen LogP contribution in [0.1, 0.15) is 50.8 Å². The Morgan fingerprint density at radius 3 is 3.08 bits per heavy atom. The van der Waals surface area contributed by atoms with Gasteiger partial charge in [-0.15, -0.1) is 11.3 Å². The molecule has 1 aromatic carbocycles. The average Bonchev–Trinajstić information content (AvgIpc) is 3.11. The van der Waals surface area contributed by atoms with Crippen molar-refractivity contribution >= 4 is 27.1 Å². The highest BCUT2D eigenvalue weighted by atomic mass is 32.1. The summed E-state index contributed by atoms with van der Waals surface area (Å²) in [6.45, 7) is 4.73. The molecule has 0 saturated heterocycles. The highest BCUT2D eigenvalue weighted by Crippen LogP contribution is 2.66. The fraction of sp³-hybridized carbons (Fsp3) is 0.478. The number of thiophene rings is 1. The quantitative estimate of drug-likeness (QED) is 0.607. The van der Waals surface area contributed by atoms with E-state index in [1.165, 1.54) is 42.7 Å². The number of fused-ring (bicyclic) bond motifs is 1. The third-order valence-electron chi connectivity index (χ3n) is 6.79. The third-order valence-corrected chi connectivity index (χ3v) is 7.97. The van der Waals surface area contributed by atoms with E-state index in [0.29, 0.717) is 12.0 Å². The van der Waals surface area contributed by atoms with Crippen LogP contribution in [0.3, 0.4) is 0 Å². The summed E-state index contributed by atoms with van der Waals surface area (Å²) in [6.07, 6.45) is 11.1. The Morgan fingerprint density at radius 1 is 1.38 bits per heavy atom. The lowest BCUT2D eigenvalue weighted by Crippen LogP contribution is -2.41. The van der Waals surface area contributed by atoms with Gasteiger partial charge in [0, 0.05) is 11.5 Å². The van der Waals surface area contributed by atoms with Gasteiger partial charge in [0.1, 0.15) is 5.82 Å². The van der Waals surface area contributed by atoms with Crippen molar-refractivity contribution in [2.24, 2.45) is 17.3 Å². The molecular formula is C23H26FNS. The number of benzene rings is 1. The summed E-state index contributed by atoms with van der Waals surface area (Å²) in [5, 5.41) is 4.95. The molecule has 4 unspecified atom stereocenters. The molecule has 2 heterocycles. The van der Waals surface area contributed by atoms with Crippen LogP contribution in [0.15, 0.2) is 42.0 Å². The van der Waals surface area contributed by atoms with Crippen LogP contribution in [0.4, 0.5) is 4.39 Å². The van der Waals surface area contributed by atoms with E-state index in [1.54, 1.807) is 23.0 Å². The summed E-state index contributed by atoms with van der Waals surface area (Å²) >= 11 is 1.60. The van der Waals surface area contributed by atoms with Gasteiger partial charge in [0.05, 0.1) is 15.3 Å². The van der Waals surface area contributed by atoms with Gasteiger partial charge in [-0.3, -0.25) is 0 Å². The second-order valence-electron chi connectivity index (χ2n) is 8.37. The standard InChI is InChI=1S/C23H26FNS/c1-3-7-14(2)16-9-4-5-11-23-13-17(23)20(25-22(16)23)19-12-15-8-6-10-18(24)21(15)26-19/h5-6,8,10-12,14,16,22,25H,3-4,7,9,13H2,1-2H3. The zero-order valence-corrected chi connectivity index (χ0v) is 16.3. The maximum absolute atomic E-state index is 14.2. The molecule has 1 nitrogen and oxygen atoms in total. The molecule has 5 rings (SSSR count). The average molecular weight is 368 g/mol. The first kappa shape index (κ1) is 16.6. The van der Waals surface area contributed by atoms with Crippen molar-refractivity contribution in [3.63, 3.8) is 0 Å². The first-order valence-corrected chi connectivity index (χ1v) is 10.8. The Hall–Kier alpha value is -1.61. The van der Waals surface area contributed by atoms with E-state index in [-0.39, 0.29) is 11.2 Å². The SMILES string of the molecule is CCCC(C)C1CCC=CC23CC2=C(c2cc4cccc(F)c4s2)NC13. The van der Waals surface area contributed by atoms with Gasteiger partial charge in [0.2, 0.25) is 0 Å². The lowest BCUT2D eigenvalue weighted by molar-refractivity contribution is 0.223. The van der Waals surface area contributed by atoms with Crippen molar-refractivity contribution in [3.05, 3.63) is 52.7 Å². The fourth-order valence-corrected chi connectivity index (χ4v) is 6.49. The number of allylic oxidation sites excluding steroid dienone is 1. The molecule has 3 heteroatoms. The van der Waals surface area contributed by atoms with Gasteiger partial charge in [0.25, 0.3) is 0 Å². The van der Waals surface area contributed by atoms with Crippen LogP contribution in [-0.2, 0) is 0 Å². The van der Waals surface area contributed by atoms with Crippen LogP contribution in [0, 0.1) is 23.1 Å². The smallest absolute Gasteiger partial charge is 0.141 e. The van der Waals surface area contributed by atoms with E-state index in [2.05, 4.69) is 37.4 Å². The van der Waals surface area contributed by atoms with Gasteiger partial charge in [-0.05, 0) is 54.2 Å². The van der Waals surface area contributed by atoms with E-state index in [9.17, 15) is 4.39 Å². The van der Waals surface area contributed by atoms with E-state index in [1.807, 2.05) is 12.1 Å². The van der Waals surface area contributed by atoms with Crippen LogP contribution in [0.5, 0.6) is 0 Å². The van der Waals surface area contributed by atoms with Crippen molar-refractivity contribution in [2.75, 3.05) is 0 Å². The minimum absolute atomic E-state index is 0.101. The predicted molar refractivity (Wildman–Crippen MR) is 109 cm³/mol. The molecule has 0 amide bonds. The summed E-state index contributed by atoms with van der Waals surface area (Å²) < 4.78 is 14.9. The summed E-state index contributed by atoms with van der Waals surface area (Å²) in [6, 6.07) is 8.08. The molecule has 3 aliphatic rings. The van der Waals surface area contributed by atoms with Gasteiger partial charge in [-0.2, -0.15) is 0 Å². The molecule has 4 atom stereocenters. The van der Waals surface area contributed by atoms with E-state index < -0.39 is 0 Å². The van der Waals surface area contributed by atoms with Crippen LogP contribution in [0.2, 0.25) is 0 Å². The molecule has 1 aromatic heterocycles. The fourth-order valence-electron chi connectivity index (χ4n) is 5.39. The van der Waals surface area contributed by atoms with Crippen molar-refractivity contribution in [2.45, 2.75) is 52.0 Å². The molecule has 1 aliphatic heterocycles. The number of hydrogen-bond donors (Lipinski definition) is 1. The number of nitrogens with one attached hydrogen (secondary N) is 1. The van der Waals surface area contributed by atoms with Crippen molar-refractivity contribution in [1.29, 1.82) is 0 Å². The number of halogens is 1. The highest BCUT2D eigenvalue weighted by molar-refractivity contribution is 7.20. The normalized spacial score (nSPS) is 30.7. The predicted octanol–water partition coefficient (Wildman–Crippen LogP) is 6.52.